The van der Waals surface area contributed by atoms with Gasteiger partial charge in [-0.05, 0) is 67.1 Å². The molecule has 1 spiro atoms. The monoisotopic (exact) mass is 306 g/mol. The molecule has 2 nitrogen and oxygen atoms in total. The van der Waals surface area contributed by atoms with Gasteiger partial charge in [0.15, 0.2) is 14.1 Å². The van der Waals surface area contributed by atoms with Crippen LogP contribution in [0.2, 0.25) is 18.1 Å². The van der Waals surface area contributed by atoms with Crippen LogP contribution in [0.15, 0.2) is 12.2 Å². The summed E-state index contributed by atoms with van der Waals surface area (Å²) in [5, 5.41) is 0.277. The Kier molecular flexibility index (Phi) is 3.53. The van der Waals surface area contributed by atoms with Gasteiger partial charge in [-0.2, -0.15) is 0 Å². The smallest absolute Gasteiger partial charge is 0.192 e. The lowest BCUT2D eigenvalue weighted by Gasteiger charge is -2.57. The van der Waals surface area contributed by atoms with Crippen LogP contribution in [0, 0.1) is 17.3 Å². The number of carbonyl (C=O) groups excluding carboxylic acids is 1. The maximum atomic E-state index is 11.7. The number of ketones is 1. The maximum Gasteiger partial charge on any atom is 0.192 e. The van der Waals surface area contributed by atoms with E-state index in [1.54, 1.807) is 0 Å². The molecule has 3 heteroatoms. The normalized spacial score (nSPS) is 39.5. The quantitative estimate of drug-likeness (QED) is 0.690. The van der Waals surface area contributed by atoms with Crippen LogP contribution in [0.5, 0.6) is 0 Å². The Morgan fingerprint density at radius 1 is 1.33 bits per heavy atom. The lowest BCUT2D eigenvalue weighted by Crippen LogP contribution is -2.54. The van der Waals surface area contributed by atoms with E-state index in [2.05, 4.69) is 39.9 Å². The van der Waals surface area contributed by atoms with E-state index in [1.807, 2.05) is 6.08 Å². The third-order valence-corrected chi connectivity index (χ3v) is 11.3. The zero-order chi connectivity index (χ0) is 15.5. The standard InChI is InChI=1S/C18H30O2Si/c1-17(2,3)21(4,5)20-16-12-18-8-6-13(16)10-14(18)11-15(19)7-9-18/h7,9,13-14,16H,6,8,10-12H2,1-5H3/t13-,14?,16?,18+/m0/s1. The average Bonchev–Trinajstić information content (AvgIpc) is 2.36. The van der Waals surface area contributed by atoms with Gasteiger partial charge in [-0.25, -0.2) is 0 Å². The molecule has 2 bridgehead atoms. The van der Waals surface area contributed by atoms with Crippen LogP contribution >= 0.6 is 0 Å². The van der Waals surface area contributed by atoms with Gasteiger partial charge in [-0.3, -0.25) is 4.79 Å². The van der Waals surface area contributed by atoms with Crippen molar-refractivity contribution in [2.45, 2.75) is 77.1 Å². The van der Waals surface area contributed by atoms with Crippen molar-refractivity contribution in [1.29, 1.82) is 0 Å². The van der Waals surface area contributed by atoms with E-state index in [0.29, 0.717) is 23.7 Å². The van der Waals surface area contributed by atoms with E-state index >= 15 is 0 Å². The summed E-state index contributed by atoms with van der Waals surface area (Å²) in [6, 6.07) is 0. The fraction of sp³-hybridized carbons (Fsp3) is 0.833. The highest BCUT2D eigenvalue weighted by atomic mass is 28.4. The minimum absolute atomic E-state index is 0.274. The van der Waals surface area contributed by atoms with Gasteiger partial charge in [-0.1, -0.05) is 26.8 Å². The lowest BCUT2D eigenvalue weighted by molar-refractivity contribution is -0.122. The second-order valence-electron chi connectivity index (χ2n) is 9.09. The number of carbonyl (C=O) groups is 1. The first-order valence-corrected chi connectivity index (χ1v) is 11.4. The molecule has 3 saturated carbocycles. The molecule has 2 unspecified atom stereocenters. The number of hydrogen-bond donors (Lipinski definition) is 0. The van der Waals surface area contributed by atoms with Crippen LogP contribution in [-0.2, 0) is 9.22 Å². The first-order valence-electron chi connectivity index (χ1n) is 8.53. The van der Waals surface area contributed by atoms with Crippen LogP contribution in [0.1, 0.15) is 52.9 Å². The van der Waals surface area contributed by atoms with Crippen molar-refractivity contribution >= 4 is 14.1 Å². The number of rotatable bonds is 2. The molecule has 4 aliphatic carbocycles. The van der Waals surface area contributed by atoms with Gasteiger partial charge < -0.3 is 4.43 Å². The largest absolute Gasteiger partial charge is 0.414 e. The third kappa shape index (κ3) is 2.57. The molecular formula is C18H30O2Si. The van der Waals surface area contributed by atoms with E-state index in [9.17, 15) is 4.79 Å². The second kappa shape index (κ2) is 4.79. The first kappa shape index (κ1) is 15.5. The summed E-state index contributed by atoms with van der Waals surface area (Å²) in [6.07, 6.45) is 10.2. The number of fused-ring (bicyclic) bond motifs is 2. The Labute approximate surface area is 130 Å². The molecule has 4 atom stereocenters. The van der Waals surface area contributed by atoms with Crippen molar-refractivity contribution in [3.05, 3.63) is 12.2 Å². The van der Waals surface area contributed by atoms with Gasteiger partial charge in [0.1, 0.15) is 0 Å². The van der Waals surface area contributed by atoms with E-state index in [0.717, 1.165) is 12.8 Å². The molecule has 0 radical (unpaired) electrons. The van der Waals surface area contributed by atoms with Gasteiger partial charge in [0.25, 0.3) is 0 Å². The summed E-state index contributed by atoms with van der Waals surface area (Å²) in [6.45, 7) is 11.7. The molecule has 0 aromatic carbocycles. The molecule has 0 heterocycles. The third-order valence-electron chi connectivity index (χ3n) is 6.79. The van der Waals surface area contributed by atoms with E-state index in [4.69, 9.17) is 4.43 Å². The van der Waals surface area contributed by atoms with Crippen molar-refractivity contribution in [2.75, 3.05) is 0 Å². The minimum Gasteiger partial charge on any atom is -0.414 e. The molecular weight excluding hydrogens is 276 g/mol. The minimum atomic E-state index is -1.69. The zero-order valence-corrected chi connectivity index (χ0v) is 15.2. The van der Waals surface area contributed by atoms with Gasteiger partial charge in [0.2, 0.25) is 0 Å². The van der Waals surface area contributed by atoms with Gasteiger partial charge in [-0.15, -0.1) is 0 Å². The summed E-state index contributed by atoms with van der Waals surface area (Å²) >= 11 is 0. The first-order chi connectivity index (χ1) is 9.63. The summed E-state index contributed by atoms with van der Waals surface area (Å²) in [7, 11) is -1.69. The SMILES string of the molecule is CC(C)(C)[Si](C)(C)OC1C[C@@]23C=CC(=O)CC2C[C@@H]1CC3. The Morgan fingerprint density at radius 2 is 2.05 bits per heavy atom. The predicted molar refractivity (Wildman–Crippen MR) is 88.7 cm³/mol. The summed E-state index contributed by atoms with van der Waals surface area (Å²) in [4.78, 5) is 11.7. The molecule has 0 aliphatic heterocycles. The Bertz CT molecular complexity index is 474. The van der Waals surface area contributed by atoms with Crippen LogP contribution in [0.25, 0.3) is 0 Å². The fourth-order valence-electron chi connectivity index (χ4n) is 4.36. The Hall–Kier alpha value is -0.413. The molecule has 0 aromatic rings. The molecule has 118 valence electrons. The van der Waals surface area contributed by atoms with E-state index < -0.39 is 8.32 Å². The van der Waals surface area contributed by atoms with Crippen molar-refractivity contribution < 1.29 is 9.22 Å². The summed E-state index contributed by atoms with van der Waals surface area (Å²) < 4.78 is 6.77. The molecule has 0 N–H and O–H groups in total. The predicted octanol–water partition coefficient (Wildman–Crippen LogP) is 4.71. The van der Waals surface area contributed by atoms with Crippen LogP contribution in [0.3, 0.4) is 0 Å². The van der Waals surface area contributed by atoms with Crippen LogP contribution in [0.4, 0.5) is 0 Å². The highest BCUT2D eigenvalue weighted by molar-refractivity contribution is 6.74. The van der Waals surface area contributed by atoms with Gasteiger partial charge in [0, 0.05) is 12.5 Å². The Morgan fingerprint density at radius 3 is 2.71 bits per heavy atom. The number of allylic oxidation sites excluding steroid dienone is 2. The summed E-state index contributed by atoms with van der Waals surface area (Å²) in [5.74, 6) is 1.61. The van der Waals surface area contributed by atoms with Crippen molar-refractivity contribution in [3.8, 4) is 0 Å². The van der Waals surface area contributed by atoms with Gasteiger partial charge in [0.05, 0.1) is 0 Å². The molecule has 4 rings (SSSR count). The maximum absolute atomic E-state index is 11.7. The highest BCUT2D eigenvalue weighted by Crippen LogP contribution is 2.58. The lowest BCUT2D eigenvalue weighted by atomic mass is 9.51. The van der Waals surface area contributed by atoms with Crippen LogP contribution in [-0.4, -0.2) is 20.2 Å². The zero-order valence-electron chi connectivity index (χ0n) is 14.2. The topological polar surface area (TPSA) is 26.3 Å². The molecule has 0 saturated heterocycles. The number of hydrogen-bond acceptors (Lipinski definition) is 2. The molecule has 0 amide bonds. The van der Waals surface area contributed by atoms with Crippen molar-refractivity contribution in [3.63, 3.8) is 0 Å². The molecule has 21 heavy (non-hydrogen) atoms. The molecule has 3 fully saturated rings. The molecule has 0 aromatic heterocycles. The average molecular weight is 307 g/mol. The Balaban J connectivity index is 1.80. The second-order valence-corrected chi connectivity index (χ2v) is 13.8. The van der Waals surface area contributed by atoms with Crippen molar-refractivity contribution in [2.24, 2.45) is 17.3 Å². The van der Waals surface area contributed by atoms with E-state index in [1.165, 1.54) is 19.3 Å². The van der Waals surface area contributed by atoms with Crippen LogP contribution < -0.4 is 0 Å². The van der Waals surface area contributed by atoms with E-state index in [-0.39, 0.29) is 10.5 Å². The molecule has 4 aliphatic rings. The highest BCUT2D eigenvalue weighted by Gasteiger charge is 2.54. The van der Waals surface area contributed by atoms with Crippen molar-refractivity contribution in [1.82, 2.24) is 0 Å². The summed E-state index contributed by atoms with van der Waals surface area (Å²) in [5.41, 5.74) is 0.274. The fourth-order valence-corrected chi connectivity index (χ4v) is 5.75. The van der Waals surface area contributed by atoms with Gasteiger partial charge >= 0.3 is 0 Å².